The molecule has 0 fully saturated rings. The number of hydrogen-bond donors (Lipinski definition) is 1. The van der Waals surface area contributed by atoms with Crippen LogP contribution < -0.4 is 10.1 Å². The summed E-state index contributed by atoms with van der Waals surface area (Å²) < 4.78 is 5.76. The van der Waals surface area contributed by atoms with Crippen molar-refractivity contribution in [2.24, 2.45) is 0 Å². The maximum absolute atomic E-state index is 12.6. The van der Waals surface area contributed by atoms with Crippen molar-refractivity contribution < 1.29 is 9.53 Å². The summed E-state index contributed by atoms with van der Waals surface area (Å²) in [7, 11) is 0. The lowest BCUT2D eigenvalue weighted by Crippen LogP contribution is -2.11. The summed E-state index contributed by atoms with van der Waals surface area (Å²) in [6.07, 6.45) is 0. The number of nitrogens with one attached hydrogen (secondary N) is 1. The highest BCUT2D eigenvalue weighted by molar-refractivity contribution is 7.13. The number of aromatic nitrogens is 1. The lowest BCUT2D eigenvalue weighted by molar-refractivity contribution is 0.103. The van der Waals surface area contributed by atoms with Crippen molar-refractivity contribution in [3.63, 3.8) is 0 Å². The third-order valence-corrected chi connectivity index (χ3v) is 5.04. The van der Waals surface area contributed by atoms with E-state index in [1.807, 2.05) is 64.1 Å². The Hall–Kier alpha value is -2.66. The van der Waals surface area contributed by atoms with Gasteiger partial charge in [0.15, 0.2) is 0 Å². The van der Waals surface area contributed by atoms with Crippen molar-refractivity contribution in [2.45, 2.75) is 34.3 Å². The average molecular weight is 366 g/mol. The summed E-state index contributed by atoms with van der Waals surface area (Å²) in [5.41, 5.74) is 4.95. The van der Waals surface area contributed by atoms with E-state index in [4.69, 9.17) is 4.74 Å². The molecule has 3 aromatic rings. The van der Waals surface area contributed by atoms with E-state index in [1.165, 1.54) is 16.9 Å². The molecule has 0 aliphatic heterocycles. The normalized spacial score (nSPS) is 10.6. The van der Waals surface area contributed by atoms with Crippen molar-refractivity contribution in [3.8, 4) is 5.75 Å². The number of carbonyl (C=O) groups excluding carboxylic acids is 1. The second kappa shape index (κ2) is 7.70. The van der Waals surface area contributed by atoms with Gasteiger partial charge in [-0.3, -0.25) is 4.79 Å². The number of nitrogens with zero attached hydrogens (tertiary/aromatic N) is 1. The number of thiazole rings is 1. The Labute approximate surface area is 157 Å². The average Bonchev–Trinajstić information content (AvgIpc) is 2.94. The zero-order chi connectivity index (χ0) is 18.7. The number of anilines is 1. The molecule has 3 rings (SSSR count). The van der Waals surface area contributed by atoms with E-state index < -0.39 is 0 Å². The van der Waals surface area contributed by atoms with Crippen molar-refractivity contribution >= 4 is 22.9 Å². The standard InChI is InChI=1S/C21H22N2O2S/c1-13-5-7-18(8-6-13)25-12-19-22-16(4)20(26-19)21(24)23-17-10-14(2)9-15(3)11-17/h5-11H,12H2,1-4H3,(H,23,24). The van der Waals surface area contributed by atoms with Crippen LogP contribution >= 0.6 is 11.3 Å². The van der Waals surface area contributed by atoms with Crippen LogP contribution in [0.1, 0.15) is 37.1 Å². The van der Waals surface area contributed by atoms with Gasteiger partial charge < -0.3 is 10.1 Å². The maximum atomic E-state index is 12.6. The van der Waals surface area contributed by atoms with Gasteiger partial charge in [0.2, 0.25) is 0 Å². The van der Waals surface area contributed by atoms with E-state index in [0.29, 0.717) is 11.5 Å². The first-order valence-electron chi connectivity index (χ1n) is 8.46. The van der Waals surface area contributed by atoms with Crippen LogP contribution in [0.4, 0.5) is 5.69 Å². The number of rotatable bonds is 5. The molecule has 26 heavy (non-hydrogen) atoms. The Balaban J connectivity index is 1.68. The lowest BCUT2D eigenvalue weighted by Gasteiger charge is -2.06. The molecule has 2 aromatic carbocycles. The molecule has 134 valence electrons. The number of hydrogen-bond acceptors (Lipinski definition) is 4. The van der Waals surface area contributed by atoms with Gasteiger partial charge in [0.1, 0.15) is 22.2 Å². The summed E-state index contributed by atoms with van der Waals surface area (Å²) in [5, 5.41) is 3.75. The van der Waals surface area contributed by atoms with Gasteiger partial charge in [-0.2, -0.15) is 0 Å². The van der Waals surface area contributed by atoms with Gasteiger partial charge in [-0.1, -0.05) is 23.8 Å². The van der Waals surface area contributed by atoms with E-state index in [1.54, 1.807) is 0 Å². The number of benzene rings is 2. The molecule has 0 atom stereocenters. The Morgan fingerprint density at radius 3 is 2.31 bits per heavy atom. The molecular formula is C21H22N2O2S. The van der Waals surface area contributed by atoms with Crippen molar-refractivity contribution in [1.82, 2.24) is 4.98 Å². The summed E-state index contributed by atoms with van der Waals surface area (Å²) in [6, 6.07) is 13.9. The molecular weight excluding hydrogens is 344 g/mol. The predicted octanol–water partition coefficient (Wildman–Crippen LogP) is 5.21. The Kier molecular flexibility index (Phi) is 5.38. The van der Waals surface area contributed by atoms with Gasteiger partial charge in [0.25, 0.3) is 5.91 Å². The largest absolute Gasteiger partial charge is 0.486 e. The molecule has 1 amide bonds. The minimum absolute atomic E-state index is 0.133. The maximum Gasteiger partial charge on any atom is 0.267 e. The van der Waals surface area contributed by atoms with E-state index in [0.717, 1.165) is 33.3 Å². The zero-order valence-corrected chi connectivity index (χ0v) is 16.2. The van der Waals surface area contributed by atoms with Crippen LogP contribution in [-0.2, 0) is 6.61 Å². The van der Waals surface area contributed by atoms with Crippen LogP contribution in [0.15, 0.2) is 42.5 Å². The minimum atomic E-state index is -0.133. The Bertz CT molecular complexity index is 909. The second-order valence-electron chi connectivity index (χ2n) is 6.45. The molecule has 0 radical (unpaired) electrons. The molecule has 0 bridgehead atoms. The fraction of sp³-hybridized carbons (Fsp3) is 0.238. The van der Waals surface area contributed by atoms with E-state index in [9.17, 15) is 4.79 Å². The SMILES string of the molecule is Cc1ccc(OCc2nc(C)c(C(=O)Nc3cc(C)cc(C)c3)s2)cc1. The topological polar surface area (TPSA) is 51.2 Å². The van der Waals surface area contributed by atoms with Gasteiger partial charge in [-0.25, -0.2) is 4.98 Å². The second-order valence-corrected chi connectivity index (χ2v) is 7.54. The number of carbonyl (C=O) groups is 1. The van der Waals surface area contributed by atoms with Crippen LogP contribution in [-0.4, -0.2) is 10.9 Å². The molecule has 1 N–H and O–H groups in total. The summed E-state index contributed by atoms with van der Waals surface area (Å²) in [6.45, 7) is 8.27. The monoisotopic (exact) mass is 366 g/mol. The van der Waals surface area contributed by atoms with Crippen molar-refractivity contribution in [1.29, 1.82) is 0 Å². The first-order valence-corrected chi connectivity index (χ1v) is 9.28. The highest BCUT2D eigenvalue weighted by Gasteiger charge is 2.16. The van der Waals surface area contributed by atoms with Crippen LogP contribution in [0.5, 0.6) is 5.75 Å². The molecule has 1 aromatic heterocycles. The molecule has 0 spiro atoms. The van der Waals surface area contributed by atoms with Gasteiger partial charge in [-0.05, 0) is 63.1 Å². The molecule has 0 unspecified atom stereocenters. The molecule has 1 heterocycles. The van der Waals surface area contributed by atoms with Gasteiger partial charge in [0.05, 0.1) is 5.69 Å². The number of ether oxygens (including phenoxy) is 1. The summed E-state index contributed by atoms with van der Waals surface area (Å²) >= 11 is 1.37. The molecule has 0 saturated carbocycles. The Morgan fingerprint density at radius 2 is 1.65 bits per heavy atom. The fourth-order valence-electron chi connectivity index (χ4n) is 2.74. The smallest absolute Gasteiger partial charge is 0.267 e. The highest BCUT2D eigenvalue weighted by Crippen LogP contribution is 2.22. The number of aryl methyl sites for hydroxylation is 4. The van der Waals surface area contributed by atoms with Crippen LogP contribution in [0.25, 0.3) is 0 Å². The zero-order valence-electron chi connectivity index (χ0n) is 15.4. The van der Waals surface area contributed by atoms with Crippen LogP contribution in [0.2, 0.25) is 0 Å². The third-order valence-electron chi connectivity index (χ3n) is 3.91. The first-order chi connectivity index (χ1) is 12.4. The molecule has 0 saturated heterocycles. The van der Waals surface area contributed by atoms with Gasteiger partial charge >= 0.3 is 0 Å². The summed E-state index contributed by atoms with van der Waals surface area (Å²) in [4.78, 5) is 17.7. The quantitative estimate of drug-likeness (QED) is 0.674. The number of amides is 1. The molecule has 0 aliphatic carbocycles. The van der Waals surface area contributed by atoms with Crippen molar-refractivity contribution in [2.75, 3.05) is 5.32 Å². The summed E-state index contributed by atoms with van der Waals surface area (Å²) in [5.74, 6) is 0.663. The van der Waals surface area contributed by atoms with E-state index in [2.05, 4.69) is 16.4 Å². The van der Waals surface area contributed by atoms with Crippen molar-refractivity contribution in [3.05, 3.63) is 74.7 Å². The highest BCUT2D eigenvalue weighted by atomic mass is 32.1. The molecule has 5 heteroatoms. The molecule has 0 aliphatic rings. The van der Waals surface area contributed by atoms with Gasteiger partial charge in [0, 0.05) is 5.69 Å². The third kappa shape index (κ3) is 4.49. The minimum Gasteiger partial charge on any atom is -0.486 e. The van der Waals surface area contributed by atoms with Crippen LogP contribution in [0.3, 0.4) is 0 Å². The predicted molar refractivity (Wildman–Crippen MR) is 106 cm³/mol. The van der Waals surface area contributed by atoms with Gasteiger partial charge in [-0.15, -0.1) is 11.3 Å². The fourth-order valence-corrected chi connectivity index (χ4v) is 3.61. The molecule has 4 nitrogen and oxygen atoms in total. The Morgan fingerprint density at radius 1 is 1.00 bits per heavy atom. The van der Waals surface area contributed by atoms with Crippen LogP contribution in [0, 0.1) is 27.7 Å². The first kappa shape index (κ1) is 18.1. The van der Waals surface area contributed by atoms with E-state index >= 15 is 0 Å². The lowest BCUT2D eigenvalue weighted by atomic mass is 10.1. The van der Waals surface area contributed by atoms with E-state index in [-0.39, 0.29) is 5.91 Å².